The van der Waals surface area contributed by atoms with Crippen molar-refractivity contribution >= 4 is 17.5 Å². The van der Waals surface area contributed by atoms with Gasteiger partial charge in [0.25, 0.3) is 0 Å². The second-order valence-electron chi connectivity index (χ2n) is 5.14. The third-order valence-electron chi connectivity index (χ3n) is 3.28. The Hall–Kier alpha value is -2.83. The molecular formula is C17H15F3N2O2. The summed E-state index contributed by atoms with van der Waals surface area (Å²) in [5.41, 5.74) is 0.224. The zero-order valence-corrected chi connectivity index (χ0v) is 12.8. The summed E-state index contributed by atoms with van der Waals surface area (Å²) >= 11 is 0. The van der Waals surface area contributed by atoms with E-state index in [1.165, 1.54) is 6.92 Å². The van der Waals surface area contributed by atoms with Crippen molar-refractivity contribution in [3.05, 3.63) is 65.5 Å². The van der Waals surface area contributed by atoms with Gasteiger partial charge < -0.3 is 10.6 Å². The van der Waals surface area contributed by atoms with Gasteiger partial charge in [0.1, 0.15) is 0 Å². The van der Waals surface area contributed by atoms with Crippen molar-refractivity contribution < 1.29 is 22.8 Å². The lowest BCUT2D eigenvalue weighted by molar-refractivity contribution is -0.120. The fourth-order valence-corrected chi connectivity index (χ4v) is 2.19. The summed E-state index contributed by atoms with van der Waals surface area (Å²) in [6, 6.07) is 9.76. The van der Waals surface area contributed by atoms with Crippen LogP contribution in [0.2, 0.25) is 0 Å². The Morgan fingerprint density at radius 2 is 1.67 bits per heavy atom. The van der Waals surface area contributed by atoms with Gasteiger partial charge in [-0.3, -0.25) is 9.59 Å². The molecule has 24 heavy (non-hydrogen) atoms. The van der Waals surface area contributed by atoms with Crippen molar-refractivity contribution in [2.45, 2.75) is 19.4 Å². The number of halogens is 3. The highest BCUT2D eigenvalue weighted by Gasteiger charge is 2.19. The highest BCUT2D eigenvalue weighted by atomic mass is 19.2. The van der Waals surface area contributed by atoms with Gasteiger partial charge in [-0.25, -0.2) is 13.2 Å². The smallest absolute Gasteiger partial charge is 0.226 e. The first-order valence-electron chi connectivity index (χ1n) is 7.14. The number of amides is 2. The summed E-state index contributed by atoms with van der Waals surface area (Å²) in [7, 11) is 0. The lowest BCUT2D eigenvalue weighted by atomic mass is 10.0. The summed E-state index contributed by atoms with van der Waals surface area (Å²) < 4.78 is 39.7. The second kappa shape index (κ2) is 7.63. The van der Waals surface area contributed by atoms with Crippen molar-refractivity contribution in [2.75, 3.05) is 5.32 Å². The van der Waals surface area contributed by atoms with Gasteiger partial charge in [-0.05, 0) is 17.7 Å². The van der Waals surface area contributed by atoms with Crippen LogP contribution in [0.15, 0.2) is 42.5 Å². The Bertz CT molecular complexity index is 751. The molecule has 0 heterocycles. The van der Waals surface area contributed by atoms with Crippen molar-refractivity contribution in [3.63, 3.8) is 0 Å². The molecule has 2 amide bonds. The molecule has 0 fully saturated rings. The van der Waals surface area contributed by atoms with Gasteiger partial charge in [0.15, 0.2) is 17.5 Å². The predicted octanol–water partition coefficient (Wildman–Crippen LogP) is 3.31. The summed E-state index contributed by atoms with van der Waals surface area (Å²) in [5.74, 6) is -5.46. The van der Waals surface area contributed by atoms with E-state index in [1.54, 1.807) is 30.3 Å². The average molecular weight is 336 g/mol. The van der Waals surface area contributed by atoms with E-state index in [1.807, 2.05) is 0 Å². The van der Waals surface area contributed by atoms with E-state index in [0.717, 1.165) is 12.1 Å². The van der Waals surface area contributed by atoms with Crippen LogP contribution in [0.1, 0.15) is 24.9 Å². The Kier molecular flexibility index (Phi) is 5.57. The third kappa shape index (κ3) is 4.34. The minimum Gasteiger partial charge on any atom is -0.349 e. The largest absolute Gasteiger partial charge is 0.349 e. The molecular weight excluding hydrogens is 321 g/mol. The fraction of sp³-hybridized carbons (Fsp3) is 0.176. The van der Waals surface area contributed by atoms with E-state index >= 15 is 0 Å². The van der Waals surface area contributed by atoms with Crippen molar-refractivity contribution in [1.82, 2.24) is 5.32 Å². The van der Waals surface area contributed by atoms with Gasteiger partial charge in [-0.2, -0.15) is 0 Å². The van der Waals surface area contributed by atoms with Crippen LogP contribution < -0.4 is 10.6 Å². The van der Waals surface area contributed by atoms with Crippen LogP contribution in [-0.2, 0) is 9.59 Å². The minimum absolute atomic E-state index is 0.192. The Balaban J connectivity index is 2.14. The molecule has 1 atom stereocenters. The molecule has 0 spiro atoms. The van der Waals surface area contributed by atoms with E-state index in [2.05, 4.69) is 10.6 Å². The molecule has 2 N–H and O–H groups in total. The highest BCUT2D eigenvalue weighted by Crippen LogP contribution is 2.22. The van der Waals surface area contributed by atoms with E-state index in [4.69, 9.17) is 0 Å². The van der Waals surface area contributed by atoms with Gasteiger partial charge in [0, 0.05) is 6.92 Å². The molecule has 126 valence electrons. The molecule has 0 bridgehead atoms. The topological polar surface area (TPSA) is 58.2 Å². The summed E-state index contributed by atoms with van der Waals surface area (Å²) in [5, 5.41) is 4.80. The van der Waals surface area contributed by atoms with E-state index in [-0.39, 0.29) is 12.3 Å². The van der Waals surface area contributed by atoms with Gasteiger partial charge in [-0.15, -0.1) is 0 Å². The van der Waals surface area contributed by atoms with Gasteiger partial charge in [0.2, 0.25) is 11.8 Å². The zero-order valence-electron chi connectivity index (χ0n) is 12.8. The van der Waals surface area contributed by atoms with Crippen molar-refractivity contribution in [2.24, 2.45) is 0 Å². The van der Waals surface area contributed by atoms with E-state index in [9.17, 15) is 22.8 Å². The first-order valence-corrected chi connectivity index (χ1v) is 7.14. The number of hydrogen-bond donors (Lipinski definition) is 2. The summed E-state index contributed by atoms with van der Waals surface area (Å²) in [6.45, 7) is 1.31. The first-order chi connectivity index (χ1) is 11.4. The van der Waals surface area contributed by atoms with E-state index in [0.29, 0.717) is 5.56 Å². The first kappa shape index (κ1) is 17.5. The van der Waals surface area contributed by atoms with Gasteiger partial charge in [-0.1, -0.05) is 30.3 Å². The van der Waals surface area contributed by atoms with Crippen LogP contribution in [0.25, 0.3) is 0 Å². The molecule has 0 saturated heterocycles. The normalized spacial score (nSPS) is 11.7. The number of carbonyl (C=O) groups excluding carboxylic acids is 2. The predicted molar refractivity (Wildman–Crippen MR) is 82.6 cm³/mol. The molecule has 7 heteroatoms. The van der Waals surface area contributed by atoms with Crippen molar-refractivity contribution in [3.8, 4) is 0 Å². The lowest BCUT2D eigenvalue weighted by Gasteiger charge is -2.18. The zero-order chi connectivity index (χ0) is 17.7. The SMILES string of the molecule is CC(=O)N[C@@H](CC(=O)Nc1ccc(F)c(F)c1F)c1ccccc1. The number of rotatable bonds is 5. The second-order valence-corrected chi connectivity index (χ2v) is 5.14. The van der Waals surface area contributed by atoms with Gasteiger partial charge >= 0.3 is 0 Å². The molecule has 2 aromatic carbocycles. The summed E-state index contributed by atoms with van der Waals surface area (Å²) in [6.07, 6.45) is -0.192. The van der Waals surface area contributed by atoms with Crippen LogP contribution >= 0.6 is 0 Å². The molecule has 2 aromatic rings. The minimum atomic E-state index is -1.66. The average Bonchev–Trinajstić information content (AvgIpc) is 2.55. The Morgan fingerprint density at radius 1 is 1.00 bits per heavy atom. The molecule has 4 nitrogen and oxygen atoms in total. The van der Waals surface area contributed by atoms with Crippen LogP contribution in [0.5, 0.6) is 0 Å². The molecule has 0 radical (unpaired) electrons. The van der Waals surface area contributed by atoms with Crippen LogP contribution in [-0.4, -0.2) is 11.8 Å². The van der Waals surface area contributed by atoms with E-state index < -0.39 is 35.1 Å². The number of benzene rings is 2. The molecule has 2 rings (SSSR count). The maximum atomic E-state index is 13.6. The highest BCUT2D eigenvalue weighted by molar-refractivity contribution is 5.91. The van der Waals surface area contributed by atoms with Gasteiger partial charge in [0.05, 0.1) is 18.2 Å². The maximum Gasteiger partial charge on any atom is 0.226 e. The molecule has 0 aromatic heterocycles. The quantitative estimate of drug-likeness (QED) is 0.823. The molecule has 0 saturated carbocycles. The molecule has 0 aliphatic rings. The molecule has 0 unspecified atom stereocenters. The Morgan fingerprint density at radius 3 is 2.29 bits per heavy atom. The fourth-order valence-electron chi connectivity index (χ4n) is 2.19. The number of carbonyl (C=O) groups is 2. The molecule has 0 aliphatic carbocycles. The lowest BCUT2D eigenvalue weighted by Crippen LogP contribution is -2.29. The van der Waals surface area contributed by atoms with Crippen molar-refractivity contribution in [1.29, 1.82) is 0 Å². The van der Waals surface area contributed by atoms with Crippen LogP contribution in [0.3, 0.4) is 0 Å². The summed E-state index contributed by atoms with van der Waals surface area (Å²) in [4.78, 5) is 23.4. The standard InChI is InChI=1S/C17H15F3N2O2/c1-10(23)21-14(11-5-3-2-4-6-11)9-15(24)22-13-8-7-12(18)16(19)17(13)20/h2-8,14H,9H2,1H3,(H,21,23)(H,22,24)/t14-/m0/s1. The number of nitrogens with one attached hydrogen (secondary N) is 2. The number of anilines is 1. The molecule has 0 aliphatic heterocycles. The van der Waals surface area contributed by atoms with Crippen LogP contribution in [0, 0.1) is 17.5 Å². The maximum absolute atomic E-state index is 13.6. The monoisotopic (exact) mass is 336 g/mol. The van der Waals surface area contributed by atoms with Crippen LogP contribution in [0.4, 0.5) is 18.9 Å². The Labute approximate surface area is 136 Å². The number of hydrogen-bond acceptors (Lipinski definition) is 2. The third-order valence-corrected chi connectivity index (χ3v) is 3.28.